The van der Waals surface area contributed by atoms with E-state index in [1.165, 1.54) is 6.07 Å². The number of hydrogen-bond donors (Lipinski definition) is 1. The summed E-state index contributed by atoms with van der Waals surface area (Å²) in [6, 6.07) is 6.84. The van der Waals surface area contributed by atoms with Crippen LogP contribution in [0.5, 0.6) is 0 Å². The predicted molar refractivity (Wildman–Crippen MR) is 71.7 cm³/mol. The van der Waals surface area contributed by atoms with Gasteiger partial charge in [0.2, 0.25) is 0 Å². The van der Waals surface area contributed by atoms with Crippen LogP contribution in [0.3, 0.4) is 0 Å². The lowest BCUT2D eigenvalue weighted by Gasteiger charge is -2.04. The molecule has 0 unspecified atom stereocenters. The summed E-state index contributed by atoms with van der Waals surface area (Å²) >= 11 is 0. The fourth-order valence-corrected chi connectivity index (χ4v) is 1.92. The van der Waals surface area contributed by atoms with Gasteiger partial charge >= 0.3 is 0 Å². The molecule has 2 aromatic rings. The van der Waals surface area contributed by atoms with Gasteiger partial charge in [0, 0.05) is 37.0 Å². The third-order valence-electron chi connectivity index (χ3n) is 2.85. The summed E-state index contributed by atoms with van der Waals surface area (Å²) in [4.78, 5) is 10.5. The summed E-state index contributed by atoms with van der Waals surface area (Å²) in [7, 11) is 1.87. The third-order valence-corrected chi connectivity index (χ3v) is 2.85. The lowest BCUT2D eigenvalue weighted by molar-refractivity contribution is -0.385. The average molecular weight is 260 g/mol. The van der Waals surface area contributed by atoms with E-state index >= 15 is 0 Å². The second kappa shape index (κ2) is 6.10. The van der Waals surface area contributed by atoms with Crippen LogP contribution in [0.2, 0.25) is 0 Å². The van der Waals surface area contributed by atoms with E-state index in [1.807, 2.05) is 19.3 Å². The SMILES string of the molecule is Cn1cc(CNCCc2ccccc2[N+](=O)[O-])cn1. The van der Waals surface area contributed by atoms with Crippen LogP contribution in [0, 0.1) is 10.1 Å². The fraction of sp³-hybridized carbons (Fsp3) is 0.308. The molecule has 0 aliphatic rings. The molecule has 1 aromatic carbocycles. The van der Waals surface area contributed by atoms with Gasteiger partial charge in [0.05, 0.1) is 11.1 Å². The molecule has 1 aromatic heterocycles. The summed E-state index contributed by atoms with van der Waals surface area (Å²) in [5, 5.41) is 18.2. The molecule has 0 atom stereocenters. The van der Waals surface area contributed by atoms with Crippen LogP contribution < -0.4 is 5.32 Å². The average Bonchev–Trinajstić information content (AvgIpc) is 2.81. The van der Waals surface area contributed by atoms with Crippen molar-refractivity contribution in [2.24, 2.45) is 7.05 Å². The Labute approximate surface area is 111 Å². The van der Waals surface area contributed by atoms with Crippen LogP contribution in [0.15, 0.2) is 36.7 Å². The van der Waals surface area contributed by atoms with Gasteiger partial charge in [0.25, 0.3) is 5.69 Å². The first-order chi connectivity index (χ1) is 9.16. The molecule has 0 saturated carbocycles. The first-order valence-corrected chi connectivity index (χ1v) is 6.07. The van der Waals surface area contributed by atoms with Crippen LogP contribution in [0.25, 0.3) is 0 Å². The van der Waals surface area contributed by atoms with Crippen LogP contribution >= 0.6 is 0 Å². The van der Waals surface area contributed by atoms with Crippen LogP contribution in [0.4, 0.5) is 5.69 Å². The molecular weight excluding hydrogens is 244 g/mol. The Kier molecular flexibility index (Phi) is 4.25. The zero-order valence-electron chi connectivity index (χ0n) is 10.7. The zero-order chi connectivity index (χ0) is 13.7. The molecule has 0 saturated heterocycles. The van der Waals surface area contributed by atoms with E-state index in [-0.39, 0.29) is 10.6 Å². The molecule has 0 fully saturated rings. The Balaban J connectivity index is 1.84. The number of aromatic nitrogens is 2. The van der Waals surface area contributed by atoms with Gasteiger partial charge in [-0.05, 0) is 13.0 Å². The summed E-state index contributed by atoms with van der Waals surface area (Å²) < 4.78 is 1.75. The Morgan fingerprint density at radius 2 is 2.21 bits per heavy atom. The third kappa shape index (κ3) is 3.62. The number of nitrogens with one attached hydrogen (secondary N) is 1. The van der Waals surface area contributed by atoms with Crippen molar-refractivity contribution in [3.63, 3.8) is 0 Å². The zero-order valence-corrected chi connectivity index (χ0v) is 10.7. The molecule has 0 radical (unpaired) electrons. The number of para-hydroxylation sites is 1. The standard InChI is InChI=1S/C13H16N4O2/c1-16-10-11(9-15-16)8-14-7-6-12-4-2-3-5-13(12)17(18)19/h2-5,9-10,14H,6-8H2,1H3. The highest BCUT2D eigenvalue weighted by molar-refractivity contribution is 5.39. The largest absolute Gasteiger partial charge is 0.312 e. The number of benzene rings is 1. The normalized spacial score (nSPS) is 10.6. The van der Waals surface area contributed by atoms with E-state index in [0.717, 1.165) is 11.1 Å². The molecule has 6 nitrogen and oxygen atoms in total. The van der Waals surface area contributed by atoms with E-state index in [0.29, 0.717) is 19.5 Å². The smallest absolute Gasteiger partial charge is 0.272 e. The van der Waals surface area contributed by atoms with Gasteiger partial charge in [-0.3, -0.25) is 14.8 Å². The molecule has 0 spiro atoms. The predicted octanol–water partition coefficient (Wildman–Crippen LogP) is 1.66. The Hall–Kier alpha value is -2.21. The topological polar surface area (TPSA) is 73.0 Å². The maximum atomic E-state index is 10.9. The van der Waals surface area contributed by atoms with Crippen molar-refractivity contribution in [3.05, 3.63) is 57.9 Å². The van der Waals surface area contributed by atoms with Crippen molar-refractivity contribution in [1.82, 2.24) is 15.1 Å². The summed E-state index contributed by atoms with van der Waals surface area (Å²) in [5.74, 6) is 0. The monoisotopic (exact) mass is 260 g/mol. The Morgan fingerprint density at radius 3 is 2.89 bits per heavy atom. The quantitative estimate of drug-likeness (QED) is 0.487. The lowest BCUT2D eigenvalue weighted by Crippen LogP contribution is -2.16. The van der Waals surface area contributed by atoms with E-state index in [4.69, 9.17) is 0 Å². The van der Waals surface area contributed by atoms with Gasteiger partial charge in [-0.25, -0.2) is 0 Å². The number of nitro benzene ring substituents is 1. The Bertz CT molecular complexity index is 565. The lowest BCUT2D eigenvalue weighted by atomic mass is 10.1. The first kappa shape index (κ1) is 13.2. The molecule has 0 bridgehead atoms. The molecule has 0 aliphatic carbocycles. The van der Waals surface area contributed by atoms with E-state index in [2.05, 4.69) is 10.4 Å². The first-order valence-electron chi connectivity index (χ1n) is 6.07. The van der Waals surface area contributed by atoms with E-state index < -0.39 is 0 Å². The van der Waals surface area contributed by atoms with Crippen molar-refractivity contribution >= 4 is 5.69 Å². The highest BCUT2D eigenvalue weighted by Gasteiger charge is 2.11. The maximum Gasteiger partial charge on any atom is 0.272 e. The van der Waals surface area contributed by atoms with Gasteiger partial charge in [0.1, 0.15) is 0 Å². The minimum atomic E-state index is -0.337. The molecule has 1 heterocycles. The van der Waals surface area contributed by atoms with Crippen molar-refractivity contribution in [3.8, 4) is 0 Å². The number of nitrogens with zero attached hydrogens (tertiary/aromatic N) is 3. The maximum absolute atomic E-state index is 10.9. The molecular formula is C13H16N4O2. The number of rotatable bonds is 6. The van der Waals surface area contributed by atoms with Gasteiger partial charge in [-0.2, -0.15) is 5.10 Å². The van der Waals surface area contributed by atoms with Gasteiger partial charge in [-0.15, -0.1) is 0 Å². The van der Waals surface area contributed by atoms with Crippen molar-refractivity contribution < 1.29 is 4.92 Å². The molecule has 100 valence electrons. The Morgan fingerprint density at radius 1 is 1.42 bits per heavy atom. The van der Waals surface area contributed by atoms with E-state index in [1.54, 1.807) is 23.0 Å². The molecule has 19 heavy (non-hydrogen) atoms. The summed E-state index contributed by atoms with van der Waals surface area (Å²) in [6.45, 7) is 1.41. The summed E-state index contributed by atoms with van der Waals surface area (Å²) in [5.41, 5.74) is 2.04. The second-order valence-corrected chi connectivity index (χ2v) is 4.33. The van der Waals surface area contributed by atoms with Gasteiger partial charge < -0.3 is 5.32 Å². The highest BCUT2D eigenvalue weighted by Crippen LogP contribution is 2.17. The summed E-state index contributed by atoms with van der Waals surface area (Å²) in [6.07, 6.45) is 4.38. The number of hydrogen-bond acceptors (Lipinski definition) is 4. The van der Waals surface area contributed by atoms with Gasteiger partial charge in [-0.1, -0.05) is 18.2 Å². The second-order valence-electron chi connectivity index (χ2n) is 4.33. The highest BCUT2D eigenvalue weighted by atomic mass is 16.6. The van der Waals surface area contributed by atoms with Crippen molar-refractivity contribution in [2.45, 2.75) is 13.0 Å². The molecule has 6 heteroatoms. The van der Waals surface area contributed by atoms with Crippen molar-refractivity contribution in [2.75, 3.05) is 6.54 Å². The minimum absolute atomic E-state index is 0.186. The van der Waals surface area contributed by atoms with Crippen LogP contribution in [-0.4, -0.2) is 21.2 Å². The molecule has 0 amide bonds. The van der Waals surface area contributed by atoms with E-state index in [9.17, 15) is 10.1 Å². The minimum Gasteiger partial charge on any atom is -0.312 e. The molecule has 0 aliphatic heterocycles. The molecule has 1 N–H and O–H groups in total. The number of aryl methyl sites for hydroxylation is 1. The number of nitro groups is 1. The van der Waals surface area contributed by atoms with Crippen molar-refractivity contribution in [1.29, 1.82) is 0 Å². The van der Waals surface area contributed by atoms with Crippen LogP contribution in [0.1, 0.15) is 11.1 Å². The fourth-order valence-electron chi connectivity index (χ4n) is 1.92. The molecule has 2 rings (SSSR count). The van der Waals surface area contributed by atoms with Gasteiger partial charge in [0.15, 0.2) is 0 Å². The van der Waals surface area contributed by atoms with Crippen LogP contribution in [-0.2, 0) is 20.0 Å².